The molecule has 2 N–H and O–H groups in total. The van der Waals surface area contributed by atoms with Crippen LogP contribution in [0.5, 0.6) is 0 Å². The summed E-state index contributed by atoms with van der Waals surface area (Å²) in [6.07, 6.45) is 6.59. The average molecular weight is 268 g/mol. The molecule has 1 saturated heterocycles. The molecule has 0 aromatic rings. The Morgan fingerprint density at radius 2 is 1.74 bits per heavy atom. The van der Waals surface area contributed by atoms with Gasteiger partial charge in [-0.2, -0.15) is 0 Å². The van der Waals surface area contributed by atoms with Crippen LogP contribution in [0.1, 0.15) is 59.8 Å². The van der Waals surface area contributed by atoms with Gasteiger partial charge >= 0.3 is 0 Å². The van der Waals surface area contributed by atoms with E-state index in [9.17, 15) is 0 Å². The maximum atomic E-state index is 5.79. The minimum Gasteiger partial charge on any atom is -0.402 e. The second-order valence-corrected chi connectivity index (χ2v) is 6.57. The van der Waals surface area contributed by atoms with E-state index in [1.165, 1.54) is 45.2 Å². The molecule has 0 amide bonds. The molecular formula is C17H36N2. The van der Waals surface area contributed by atoms with Crippen LogP contribution in [0.15, 0.2) is 12.3 Å². The van der Waals surface area contributed by atoms with Crippen LogP contribution in [0.4, 0.5) is 0 Å². The highest BCUT2D eigenvalue weighted by Crippen LogP contribution is 2.26. The normalized spacial score (nSPS) is 18.8. The fraction of sp³-hybridized carbons (Fsp3) is 0.882. The standard InChI is InChI=1S/C12H25N.C5H11N/c1-6-7-10(4)8-12(9(2)3)11(5)13;1-6-4-2-3-5-6/h9-10,12H,5-8,13H2,1-4H3;2-5H2,1H3/t10-,12?;/m1./s1. The zero-order valence-corrected chi connectivity index (χ0v) is 13.9. The Morgan fingerprint density at radius 1 is 1.21 bits per heavy atom. The van der Waals surface area contributed by atoms with Crippen molar-refractivity contribution in [3.63, 3.8) is 0 Å². The number of hydrogen-bond donors (Lipinski definition) is 1. The molecule has 2 heteroatoms. The first-order valence-electron chi connectivity index (χ1n) is 8.01. The Hall–Kier alpha value is -0.500. The predicted molar refractivity (Wildman–Crippen MR) is 87.1 cm³/mol. The lowest BCUT2D eigenvalue weighted by molar-refractivity contribution is 0.335. The van der Waals surface area contributed by atoms with Gasteiger partial charge in [-0.25, -0.2) is 0 Å². The van der Waals surface area contributed by atoms with Crippen LogP contribution < -0.4 is 5.73 Å². The molecule has 2 atom stereocenters. The highest BCUT2D eigenvalue weighted by molar-refractivity contribution is 4.96. The number of hydrogen-bond acceptors (Lipinski definition) is 2. The van der Waals surface area contributed by atoms with Gasteiger partial charge in [0, 0.05) is 11.6 Å². The third-order valence-electron chi connectivity index (χ3n) is 4.05. The lowest BCUT2D eigenvalue weighted by atomic mass is 9.84. The van der Waals surface area contributed by atoms with Gasteiger partial charge in [-0.15, -0.1) is 0 Å². The maximum absolute atomic E-state index is 5.79. The maximum Gasteiger partial charge on any atom is 0.00417 e. The molecule has 0 aromatic heterocycles. The van der Waals surface area contributed by atoms with Crippen LogP contribution in [-0.2, 0) is 0 Å². The molecular weight excluding hydrogens is 232 g/mol. The van der Waals surface area contributed by atoms with E-state index >= 15 is 0 Å². The van der Waals surface area contributed by atoms with E-state index in [0.29, 0.717) is 11.8 Å². The quantitative estimate of drug-likeness (QED) is 0.779. The van der Waals surface area contributed by atoms with Crippen LogP contribution in [0, 0.1) is 17.8 Å². The van der Waals surface area contributed by atoms with Crippen molar-refractivity contribution in [1.82, 2.24) is 4.90 Å². The number of allylic oxidation sites excluding steroid dienone is 1. The molecule has 0 bridgehead atoms. The summed E-state index contributed by atoms with van der Waals surface area (Å²) in [4.78, 5) is 2.36. The van der Waals surface area contributed by atoms with Gasteiger partial charge < -0.3 is 10.6 Å². The van der Waals surface area contributed by atoms with Gasteiger partial charge in [0.05, 0.1) is 0 Å². The molecule has 1 fully saturated rings. The van der Waals surface area contributed by atoms with Gasteiger partial charge in [-0.05, 0) is 51.2 Å². The summed E-state index contributed by atoms with van der Waals surface area (Å²) in [5.74, 6) is 1.90. The van der Waals surface area contributed by atoms with E-state index in [4.69, 9.17) is 5.73 Å². The van der Waals surface area contributed by atoms with E-state index in [1.807, 2.05) is 0 Å². The fourth-order valence-corrected chi connectivity index (χ4v) is 2.77. The molecule has 0 radical (unpaired) electrons. The first-order valence-corrected chi connectivity index (χ1v) is 8.01. The lowest BCUT2D eigenvalue weighted by Gasteiger charge is -2.24. The summed E-state index contributed by atoms with van der Waals surface area (Å²) in [5.41, 5.74) is 6.65. The van der Waals surface area contributed by atoms with E-state index in [0.717, 1.165) is 11.6 Å². The van der Waals surface area contributed by atoms with Crippen molar-refractivity contribution in [2.75, 3.05) is 20.1 Å². The van der Waals surface area contributed by atoms with Crippen LogP contribution in [0.3, 0.4) is 0 Å². The van der Waals surface area contributed by atoms with Gasteiger partial charge in [0.25, 0.3) is 0 Å². The molecule has 0 saturated carbocycles. The molecule has 114 valence electrons. The Labute approximate surface area is 121 Å². The van der Waals surface area contributed by atoms with Crippen LogP contribution in [-0.4, -0.2) is 25.0 Å². The van der Waals surface area contributed by atoms with E-state index < -0.39 is 0 Å². The van der Waals surface area contributed by atoms with Crippen molar-refractivity contribution in [1.29, 1.82) is 0 Å². The number of nitrogens with two attached hydrogens (primary N) is 1. The van der Waals surface area contributed by atoms with Gasteiger partial charge in [0.15, 0.2) is 0 Å². The highest BCUT2D eigenvalue weighted by atomic mass is 15.1. The first-order chi connectivity index (χ1) is 8.88. The van der Waals surface area contributed by atoms with E-state index in [1.54, 1.807) is 0 Å². The second-order valence-electron chi connectivity index (χ2n) is 6.57. The van der Waals surface area contributed by atoms with Crippen LogP contribution >= 0.6 is 0 Å². The minimum atomic E-state index is 0.501. The Balaban J connectivity index is 0.000000443. The molecule has 1 aliphatic rings. The molecule has 1 rings (SSSR count). The highest BCUT2D eigenvalue weighted by Gasteiger charge is 2.17. The minimum absolute atomic E-state index is 0.501. The largest absolute Gasteiger partial charge is 0.402 e. The lowest BCUT2D eigenvalue weighted by Crippen LogP contribution is -2.19. The number of rotatable bonds is 6. The summed E-state index contributed by atoms with van der Waals surface area (Å²) >= 11 is 0. The van der Waals surface area contributed by atoms with E-state index in [2.05, 4.69) is 46.2 Å². The van der Waals surface area contributed by atoms with Crippen LogP contribution in [0.2, 0.25) is 0 Å². The molecule has 1 heterocycles. The van der Waals surface area contributed by atoms with Crippen molar-refractivity contribution in [3.05, 3.63) is 12.3 Å². The summed E-state index contributed by atoms with van der Waals surface area (Å²) in [5, 5.41) is 0. The first kappa shape index (κ1) is 18.5. The summed E-state index contributed by atoms with van der Waals surface area (Å²) in [6.45, 7) is 15.5. The van der Waals surface area contributed by atoms with E-state index in [-0.39, 0.29) is 0 Å². The Morgan fingerprint density at radius 3 is 2.00 bits per heavy atom. The summed E-state index contributed by atoms with van der Waals surface area (Å²) < 4.78 is 0. The van der Waals surface area contributed by atoms with Gasteiger partial charge in [-0.1, -0.05) is 47.1 Å². The molecule has 19 heavy (non-hydrogen) atoms. The average Bonchev–Trinajstić information content (AvgIpc) is 2.77. The van der Waals surface area contributed by atoms with Crippen molar-refractivity contribution in [2.24, 2.45) is 23.5 Å². The predicted octanol–water partition coefficient (Wildman–Crippen LogP) is 4.27. The van der Waals surface area contributed by atoms with Gasteiger partial charge in [0.2, 0.25) is 0 Å². The summed E-state index contributed by atoms with van der Waals surface area (Å²) in [6, 6.07) is 0. The zero-order valence-electron chi connectivity index (χ0n) is 13.9. The van der Waals surface area contributed by atoms with Crippen LogP contribution in [0.25, 0.3) is 0 Å². The number of likely N-dealkylation sites (tertiary alicyclic amines) is 1. The van der Waals surface area contributed by atoms with Crippen molar-refractivity contribution < 1.29 is 0 Å². The second kappa shape index (κ2) is 10.3. The molecule has 1 aliphatic heterocycles. The molecule has 1 unspecified atom stereocenters. The van der Waals surface area contributed by atoms with Crippen molar-refractivity contribution in [2.45, 2.75) is 59.8 Å². The molecule has 2 nitrogen and oxygen atoms in total. The Kier molecular flexibility index (Phi) is 10.0. The molecule has 0 aliphatic carbocycles. The number of nitrogens with zero attached hydrogens (tertiary/aromatic N) is 1. The topological polar surface area (TPSA) is 29.3 Å². The van der Waals surface area contributed by atoms with Crippen molar-refractivity contribution in [3.8, 4) is 0 Å². The van der Waals surface area contributed by atoms with Gasteiger partial charge in [-0.3, -0.25) is 0 Å². The smallest absolute Gasteiger partial charge is 0.00417 e. The molecule has 0 spiro atoms. The zero-order chi connectivity index (χ0) is 14.8. The fourth-order valence-electron chi connectivity index (χ4n) is 2.77. The third kappa shape index (κ3) is 9.10. The monoisotopic (exact) mass is 268 g/mol. The summed E-state index contributed by atoms with van der Waals surface area (Å²) in [7, 11) is 2.17. The molecule has 0 aromatic carbocycles. The third-order valence-corrected chi connectivity index (χ3v) is 4.05. The van der Waals surface area contributed by atoms with Crippen molar-refractivity contribution >= 4 is 0 Å². The Bertz CT molecular complexity index is 229. The SMILES string of the molecule is C=C(N)C(C[C@H](C)CCC)C(C)C.CN1CCCC1. The van der Waals surface area contributed by atoms with Gasteiger partial charge in [0.1, 0.15) is 0 Å².